The largest absolute Gasteiger partial charge is 0.481 e. The van der Waals surface area contributed by atoms with E-state index >= 15 is 0 Å². The molecule has 11 heteroatoms. The molecule has 0 fully saturated rings. The Kier molecular flexibility index (Phi) is 7.06. The average molecular weight is 482 g/mol. The summed E-state index contributed by atoms with van der Waals surface area (Å²) in [5.41, 5.74) is 2.75. The predicted molar refractivity (Wildman–Crippen MR) is 120 cm³/mol. The molecule has 2 aromatic rings. The Labute approximate surface area is 192 Å². The maximum atomic E-state index is 14.2. The van der Waals surface area contributed by atoms with Crippen molar-refractivity contribution in [2.75, 3.05) is 17.6 Å². The van der Waals surface area contributed by atoms with Crippen LogP contribution in [0.2, 0.25) is 0 Å². The van der Waals surface area contributed by atoms with Crippen LogP contribution in [0.15, 0.2) is 18.2 Å². The average Bonchev–Trinajstić information content (AvgIpc) is 2.69. The number of carboxylic acids is 1. The van der Waals surface area contributed by atoms with Crippen molar-refractivity contribution in [2.45, 2.75) is 57.2 Å². The molecule has 9 nitrogen and oxygen atoms in total. The van der Waals surface area contributed by atoms with E-state index in [2.05, 4.69) is 9.97 Å². The minimum atomic E-state index is -3.62. The zero-order chi connectivity index (χ0) is 24.7. The summed E-state index contributed by atoms with van der Waals surface area (Å²) in [7, 11) is -2.27. The van der Waals surface area contributed by atoms with E-state index in [1.54, 1.807) is 0 Å². The van der Waals surface area contributed by atoms with E-state index in [-0.39, 0.29) is 24.7 Å². The summed E-state index contributed by atoms with van der Waals surface area (Å²) in [4.78, 5) is 19.9. The van der Waals surface area contributed by atoms with Gasteiger partial charge in [0.15, 0.2) is 0 Å². The quantitative estimate of drug-likeness (QED) is 0.520. The predicted octanol–water partition coefficient (Wildman–Crippen LogP) is 2.03. The highest BCUT2D eigenvalue weighted by atomic mass is 32.2. The smallest absolute Gasteiger partial charge is 0.305 e. The van der Waals surface area contributed by atoms with Crippen LogP contribution in [0.25, 0.3) is 11.3 Å². The summed E-state index contributed by atoms with van der Waals surface area (Å²) in [6, 6.07) is 4.07. The van der Waals surface area contributed by atoms with Crippen molar-refractivity contribution in [3.63, 3.8) is 0 Å². The summed E-state index contributed by atoms with van der Waals surface area (Å²) in [6.07, 6.45) is -1.85. The number of hydrogen-bond acceptors (Lipinski definition) is 7. The first kappa shape index (κ1) is 25.0. The van der Waals surface area contributed by atoms with Gasteiger partial charge in [-0.1, -0.05) is 13.8 Å². The SMILES string of the molecule is CC(C)c1nc(N(C)S(C)(=O)=O)nc2c1C[C@@H]([C@H](O)C[C@H](O)CC(=O)O)c1cc(F)ccc1-2. The minimum absolute atomic E-state index is 0.00824. The minimum Gasteiger partial charge on any atom is -0.481 e. The number of nitrogens with zero attached hydrogens (tertiary/aromatic N) is 3. The molecule has 0 bridgehead atoms. The van der Waals surface area contributed by atoms with Crippen LogP contribution < -0.4 is 4.31 Å². The van der Waals surface area contributed by atoms with E-state index in [0.717, 1.165) is 10.6 Å². The Morgan fingerprint density at radius 3 is 2.52 bits per heavy atom. The second-order valence-corrected chi connectivity index (χ2v) is 10.7. The molecular formula is C22H28FN3O6S. The van der Waals surface area contributed by atoms with Crippen LogP contribution in [0.3, 0.4) is 0 Å². The zero-order valence-corrected chi connectivity index (χ0v) is 19.7. The standard InChI is InChI=1S/C22H28FN3O6S/c1-11(2)20-17-10-16(18(28)8-13(27)9-19(29)30)15-7-12(23)5-6-14(15)21(17)25-22(24-20)26(3)33(4,31)32/h5-7,11,13,16,18,27-28H,8-10H2,1-4H3,(H,29,30)/t13-,16+,18+/m0/s1. The molecule has 33 heavy (non-hydrogen) atoms. The van der Waals surface area contributed by atoms with Gasteiger partial charge in [-0.2, -0.15) is 0 Å². The number of aromatic nitrogens is 2. The van der Waals surface area contributed by atoms with Gasteiger partial charge < -0.3 is 15.3 Å². The maximum absolute atomic E-state index is 14.2. The van der Waals surface area contributed by atoms with Gasteiger partial charge in [-0.15, -0.1) is 0 Å². The van der Waals surface area contributed by atoms with E-state index in [1.165, 1.54) is 25.2 Å². The molecule has 3 atom stereocenters. The van der Waals surface area contributed by atoms with Gasteiger partial charge >= 0.3 is 5.97 Å². The molecule has 0 saturated heterocycles. The van der Waals surface area contributed by atoms with Gasteiger partial charge in [0.2, 0.25) is 16.0 Å². The Hall–Kier alpha value is -2.63. The molecular weight excluding hydrogens is 453 g/mol. The number of anilines is 1. The molecule has 0 aliphatic heterocycles. The van der Waals surface area contributed by atoms with Crippen molar-refractivity contribution >= 4 is 21.9 Å². The fourth-order valence-corrected chi connectivity index (χ4v) is 4.52. The Morgan fingerprint density at radius 2 is 1.94 bits per heavy atom. The summed E-state index contributed by atoms with van der Waals surface area (Å²) < 4.78 is 39.3. The molecule has 1 heterocycles. The van der Waals surface area contributed by atoms with Crippen molar-refractivity contribution in [3.05, 3.63) is 40.8 Å². The number of carbonyl (C=O) groups is 1. The van der Waals surface area contributed by atoms with Gasteiger partial charge in [-0.25, -0.2) is 27.1 Å². The van der Waals surface area contributed by atoms with E-state index in [0.29, 0.717) is 28.1 Å². The highest BCUT2D eigenvalue weighted by molar-refractivity contribution is 7.92. The molecule has 1 aromatic carbocycles. The molecule has 1 aliphatic carbocycles. The van der Waals surface area contributed by atoms with Crippen LogP contribution in [0.5, 0.6) is 0 Å². The Bertz CT molecular complexity index is 1170. The second kappa shape index (κ2) is 9.32. The van der Waals surface area contributed by atoms with Crippen LogP contribution >= 0.6 is 0 Å². The van der Waals surface area contributed by atoms with E-state index in [1.807, 2.05) is 13.8 Å². The first-order chi connectivity index (χ1) is 15.3. The number of fused-ring (bicyclic) bond motifs is 3. The second-order valence-electron chi connectivity index (χ2n) is 8.72. The number of hydrogen-bond donors (Lipinski definition) is 3. The number of sulfonamides is 1. The van der Waals surface area contributed by atoms with Gasteiger partial charge in [0, 0.05) is 30.5 Å². The number of rotatable bonds is 8. The molecule has 0 amide bonds. The zero-order valence-electron chi connectivity index (χ0n) is 18.9. The molecule has 0 saturated carbocycles. The summed E-state index contributed by atoms with van der Waals surface area (Å²) in [6.45, 7) is 3.80. The highest BCUT2D eigenvalue weighted by Gasteiger charge is 2.35. The lowest BCUT2D eigenvalue weighted by Crippen LogP contribution is -2.31. The van der Waals surface area contributed by atoms with Gasteiger partial charge in [-0.3, -0.25) is 4.79 Å². The summed E-state index contributed by atoms with van der Waals surface area (Å²) >= 11 is 0. The summed E-state index contributed by atoms with van der Waals surface area (Å²) in [5.74, 6) is -2.46. The molecule has 1 aliphatic rings. The van der Waals surface area contributed by atoms with Crippen molar-refractivity contribution in [1.82, 2.24) is 9.97 Å². The number of carboxylic acid groups (broad SMARTS) is 1. The van der Waals surface area contributed by atoms with E-state index < -0.39 is 46.4 Å². The third-order valence-electron chi connectivity index (χ3n) is 5.83. The highest BCUT2D eigenvalue weighted by Crippen LogP contribution is 2.44. The number of halogens is 1. The van der Waals surface area contributed by atoms with Gasteiger partial charge in [0.05, 0.1) is 36.3 Å². The Morgan fingerprint density at radius 1 is 1.27 bits per heavy atom. The van der Waals surface area contributed by atoms with E-state index in [9.17, 15) is 27.8 Å². The van der Waals surface area contributed by atoms with Gasteiger partial charge in [0.25, 0.3) is 0 Å². The molecule has 3 rings (SSSR count). The molecule has 180 valence electrons. The van der Waals surface area contributed by atoms with Crippen LogP contribution in [0, 0.1) is 5.82 Å². The maximum Gasteiger partial charge on any atom is 0.305 e. The van der Waals surface area contributed by atoms with Crippen LogP contribution in [-0.2, 0) is 21.2 Å². The van der Waals surface area contributed by atoms with Gasteiger partial charge in [-0.05, 0) is 36.1 Å². The molecule has 0 spiro atoms. The van der Waals surface area contributed by atoms with Gasteiger partial charge in [0.1, 0.15) is 5.82 Å². The molecule has 3 N–H and O–H groups in total. The normalized spacial score (nSPS) is 17.3. The van der Waals surface area contributed by atoms with E-state index in [4.69, 9.17) is 5.11 Å². The number of aliphatic hydroxyl groups excluding tert-OH is 2. The topological polar surface area (TPSA) is 141 Å². The number of benzene rings is 1. The fourth-order valence-electron chi connectivity index (χ4n) is 4.14. The number of aliphatic hydroxyl groups is 2. The lowest BCUT2D eigenvalue weighted by atomic mass is 9.75. The first-order valence-corrected chi connectivity index (χ1v) is 12.4. The summed E-state index contributed by atoms with van der Waals surface area (Å²) in [5, 5.41) is 29.8. The molecule has 1 aromatic heterocycles. The van der Waals surface area contributed by atoms with Crippen LogP contribution in [0.4, 0.5) is 10.3 Å². The monoisotopic (exact) mass is 481 g/mol. The third-order valence-corrected chi connectivity index (χ3v) is 6.99. The third kappa shape index (κ3) is 5.31. The first-order valence-electron chi connectivity index (χ1n) is 10.5. The molecule has 0 radical (unpaired) electrons. The molecule has 0 unspecified atom stereocenters. The Balaban J connectivity index is 2.15. The van der Waals surface area contributed by atoms with Crippen LogP contribution in [0.1, 0.15) is 55.3 Å². The van der Waals surface area contributed by atoms with Crippen molar-refractivity contribution < 1.29 is 32.9 Å². The van der Waals surface area contributed by atoms with Crippen molar-refractivity contribution in [2.24, 2.45) is 0 Å². The van der Waals surface area contributed by atoms with Crippen molar-refractivity contribution in [3.8, 4) is 11.3 Å². The lowest BCUT2D eigenvalue weighted by Gasteiger charge is -2.33. The van der Waals surface area contributed by atoms with Crippen LogP contribution in [-0.4, -0.2) is 65.2 Å². The fraction of sp³-hybridized carbons (Fsp3) is 0.500. The number of aliphatic carboxylic acids is 1. The van der Waals surface area contributed by atoms with Crippen molar-refractivity contribution in [1.29, 1.82) is 0 Å². The lowest BCUT2D eigenvalue weighted by molar-refractivity contribution is -0.139.